The van der Waals surface area contributed by atoms with Crippen LogP contribution in [0.25, 0.3) is 10.9 Å². The van der Waals surface area contributed by atoms with Gasteiger partial charge in [0, 0.05) is 69.5 Å². The Bertz CT molecular complexity index is 3340. The highest BCUT2D eigenvalue weighted by Gasteiger charge is 2.40. The number of hydrogen-bond acceptors (Lipinski definition) is 16. The normalized spacial score (nSPS) is 18.2. The molecule has 25 N–H and O–H groups in total. The van der Waals surface area contributed by atoms with Crippen LogP contribution in [-0.2, 0) is 73.5 Å². The summed E-state index contributed by atoms with van der Waals surface area (Å²) in [5.74, 6) is -13.3. The number of nitrogens with zero attached hydrogens (tertiary/aromatic N) is 2. The van der Waals surface area contributed by atoms with Gasteiger partial charge in [-0.15, -0.1) is 0 Å². The van der Waals surface area contributed by atoms with Crippen LogP contribution < -0.4 is 98.2 Å². The van der Waals surface area contributed by atoms with Crippen LogP contribution in [0.2, 0.25) is 0 Å². The van der Waals surface area contributed by atoms with E-state index in [0.29, 0.717) is 6.42 Å². The van der Waals surface area contributed by atoms with Gasteiger partial charge in [0.2, 0.25) is 82.7 Å². The average molecular weight is 1430 g/mol. The molecule has 0 aliphatic carbocycles. The number of fused-ring (bicyclic) bond motifs is 1. The van der Waals surface area contributed by atoms with Crippen LogP contribution in [0, 0.1) is 22.2 Å². The molecule has 5 unspecified atom stereocenters. The van der Waals surface area contributed by atoms with Crippen molar-refractivity contribution in [2.24, 2.45) is 66.5 Å². The molecule has 1 saturated heterocycles. The van der Waals surface area contributed by atoms with E-state index in [-0.39, 0.29) is 89.3 Å². The standard InChI is InChI=1S/C67H111N21O14/c1-13-35(2)52-62(102)86-47(32-67(10,11)12)60(100)83-44(29-51(92)81-42(22-23-49(68)90)58(98)85-46(31-66(7,8)9)59(99)82-41(21-17-26-76-64(72)73)57(97)84-45(53(69)93)30-65(4,5)6)55(95)78-34-48(61(101)88-52)87-56(96)40(20-16-25-75-63(70)71)80-50(91)24-27-74-54(94)43(79-36(3)89)28-37-33-77-39-19-15-14-18-38(37)39/h14-15,18-19,33,35,40-48,52,77H,13,16-17,20-32,34H2,1-12H3,(H2,68,90)(H2,69,93)(H,74,94)(H,78,95)(H,79,89)(H,80,91)(H,81,92)(H,82,99)(H,83,100)(H,84,97)(H,85,98)(H,86,102)(H,87,96)(H,88,101)(H4,70,71,75)(H4,72,73,76)/t35-,40-,41-,42-,43-,44?,45?,46?,47?,48?,52-/m0/s1. The molecule has 568 valence electrons. The van der Waals surface area contributed by atoms with Crippen LogP contribution >= 0.6 is 0 Å². The van der Waals surface area contributed by atoms with Gasteiger partial charge in [0.15, 0.2) is 11.9 Å². The SMILES string of the molecule is CC[C@H](C)[C@@H]1NC(=O)C(NC(=O)[C@H](CCCN=C(N)N)NC(=O)CCNC(=O)[C@H](Cc2c[nH]c3ccccc23)NC(C)=O)CNC(=O)C(CC(=O)N[C@@H](CCC(N)=O)C(=O)NC(CC(C)(C)C)C(=O)N[C@@H](CCCN=C(N)N)C(=O)NC(CC(C)(C)C)C(N)=O)NC(=O)C(CC(C)(C)C)NC1=O. The number of nitrogens with one attached hydrogen (secondary N) is 13. The Balaban J connectivity index is 2.04. The van der Waals surface area contributed by atoms with E-state index in [1.165, 1.54) is 6.92 Å². The van der Waals surface area contributed by atoms with Crippen molar-refractivity contribution < 1.29 is 67.1 Å². The zero-order valence-corrected chi connectivity index (χ0v) is 60.8. The third-order valence-electron chi connectivity index (χ3n) is 16.3. The zero-order valence-electron chi connectivity index (χ0n) is 60.8. The Morgan fingerprint density at radius 3 is 1.65 bits per heavy atom. The molecule has 1 aliphatic rings. The first-order valence-corrected chi connectivity index (χ1v) is 34.2. The molecule has 11 atom stereocenters. The maximum Gasteiger partial charge on any atom is 0.245 e. The van der Waals surface area contributed by atoms with Crippen molar-refractivity contribution in [3.05, 3.63) is 36.0 Å². The molecule has 35 nitrogen and oxygen atoms in total. The molecule has 0 bridgehead atoms. The predicted molar refractivity (Wildman–Crippen MR) is 381 cm³/mol. The van der Waals surface area contributed by atoms with E-state index in [1.807, 2.05) is 45.0 Å². The van der Waals surface area contributed by atoms with E-state index in [0.717, 1.165) is 16.5 Å². The summed E-state index contributed by atoms with van der Waals surface area (Å²) in [4.78, 5) is 206. The highest BCUT2D eigenvalue weighted by Crippen LogP contribution is 2.25. The van der Waals surface area contributed by atoms with Crippen LogP contribution in [0.5, 0.6) is 0 Å². The second-order valence-electron chi connectivity index (χ2n) is 29.4. The fraction of sp³-hybridized carbons (Fsp3) is 0.642. The van der Waals surface area contributed by atoms with Gasteiger partial charge >= 0.3 is 0 Å². The number of hydrogen-bond donors (Lipinski definition) is 19. The summed E-state index contributed by atoms with van der Waals surface area (Å²) in [5, 5.41) is 32.1. The number of primary amides is 2. The van der Waals surface area contributed by atoms with Crippen molar-refractivity contribution in [3.63, 3.8) is 0 Å². The number of aliphatic imine (C=N–C) groups is 2. The smallest absolute Gasteiger partial charge is 0.245 e. The molecule has 35 heteroatoms. The Hall–Kier alpha value is -10.1. The number of aromatic amines is 1. The summed E-state index contributed by atoms with van der Waals surface area (Å²) < 4.78 is 0. The lowest BCUT2D eigenvalue weighted by Crippen LogP contribution is -2.61. The van der Waals surface area contributed by atoms with Gasteiger partial charge in [0.05, 0.1) is 6.42 Å². The number of para-hydroxylation sites is 1. The Kier molecular flexibility index (Phi) is 34.1. The molecule has 1 aliphatic heterocycles. The van der Waals surface area contributed by atoms with E-state index in [9.17, 15) is 67.1 Å². The Morgan fingerprint density at radius 1 is 0.569 bits per heavy atom. The molecule has 1 aromatic heterocycles. The monoisotopic (exact) mass is 1430 g/mol. The van der Waals surface area contributed by atoms with E-state index >= 15 is 0 Å². The van der Waals surface area contributed by atoms with Gasteiger partial charge in [-0.1, -0.05) is 101 Å². The van der Waals surface area contributed by atoms with Crippen LogP contribution in [0.15, 0.2) is 40.4 Å². The van der Waals surface area contributed by atoms with Gasteiger partial charge in [0.1, 0.15) is 60.4 Å². The summed E-state index contributed by atoms with van der Waals surface area (Å²) in [6.45, 7) is 19.7. The summed E-state index contributed by atoms with van der Waals surface area (Å²) in [7, 11) is 0. The van der Waals surface area contributed by atoms with Gasteiger partial charge < -0.3 is 103 Å². The van der Waals surface area contributed by atoms with Gasteiger partial charge in [-0.05, 0) is 85.2 Å². The molecule has 14 amide bonds. The highest BCUT2D eigenvalue weighted by molar-refractivity contribution is 6.00. The van der Waals surface area contributed by atoms with Crippen molar-refractivity contribution in [2.45, 2.75) is 227 Å². The third kappa shape index (κ3) is 32.0. The molecule has 0 saturated carbocycles. The van der Waals surface area contributed by atoms with Crippen LogP contribution in [0.1, 0.15) is 166 Å². The van der Waals surface area contributed by atoms with Crippen molar-refractivity contribution in [2.75, 3.05) is 26.2 Å². The summed E-state index contributed by atoms with van der Waals surface area (Å²) >= 11 is 0. The van der Waals surface area contributed by atoms with Gasteiger partial charge in [0.25, 0.3) is 0 Å². The fourth-order valence-corrected chi connectivity index (χ4v) is 11.0. The molecule has 102 heavy (non-hydrogen) atoms. The Morgan fingerprint density at radius 2 is 1.10 bits per heavy atom. The van der Waals surface area contributed by atoms with E-state index < -0.39 is 191 Å². The Labute approximate surface area is 595 Å². The molecule has 3 rings (SSSR count). The first-order valence-electron chi connectivity index (χ1n) is 34.2. The molecule has 2 aromatic rings. The predicted octanol–water partition coefficient (Wildman–Crippen LogP) is -3.18. The molecule has 1 fully saturated rings. The van der Waals surface area contributed by atoms with Crippen LogP contribution in [0.3, 0.4) is 0 Å². The second-order valence-corrected chi connectivity index (χ2v) is 29.4. The summed E-state index contributed by atoms with van der Waals surface area (Å²) in [6.07, 6.45) is -0.133. The lowest BCUT2D eigenvalue weighted by atomic mass is 9.87. The van der Waals surface area contributed by atoms with Crippen molar-refractivity contribution in [1.29, 1.82) is 0 Å². The largest absolute Gasteiger partial charge is 0.370 e. The van der Waals surface area contributed by atoms with Crippen molar-refractivity contribution in [1.82, 2.24) is 68.8 Å². The molecular weight excluding hydrogens is 1320 g/mol. The minimum Gasteiger partial charge on any atom is -0.370 e. The molecule has 2 heterocycles. The van der Waals surface area contributed by atoms with Gasteiger partial charge in [-0.25, -0.2) is 0 Å². The highest BCUT2D eigenvalue weighted by atomic mass is 16.2. The first-order chi connectivity index (χ1) is 47.4. The van der Waals surface area contributed by atoms with Gasteiger partial charge in [-0.3, -0.25) is 77.1 Å². The number of guanidine groups is 2. The topological polar surface area (TPSA) is 580 Å². The maximum atomic E-state index is 14.7. The molecule has 0 radical (unpaired) electrons. The van der Waals surface area contributed by atoms with Crippen LogP contribution in [-0.4, -0.2) is 186 Å². The van der Waals surface area contributed by atoms with E-state index in [1.54, 1.807) is 61.6 Å². The second kappa shape index (κ2) is 40.4. The summed E-state index contributed by atoms with van der Waals surface area (Å²) in [5.41, 5.74) is 33.1. The lowest BCUT2D eigenvalue weighted by molar-refractivity contribution is -0.136. The van der Waals surface area contributed by atoms with Gasteiger partial charge in [-0.2, -0.15) is 0 Å². The number of benzene rings is 1. The first kappa shape index (κ1) is 86.1. The minimum atomic E-state index is -1.88. The summed E-state index contributed by atoms with van der Waals surface area (Å²) in [6, 6.07) is -7.10. The number of amides is 14. The number of rotatable bonds is 36. The zero-order chi connectivity index (χ0) is 77.0. The van der Waals surface area contributed by atoms with E-state index in [4.69, 9.17) is 34.4 Å². The van der Waals surface area contributed by atoms with E-state index in [2.05, 4.69) is 78.8 Å². The average Bonchev–Trinajstić information content (AvgIpc) is 1.65. The minimum absolute atomic E-state index is 0.0144. The number of carbonyl (C=O) groups is 14. The number of nitrogens with two attached hydrogens (primary N) is 6. The molecule has 0 spiro atoms. The molecule has 1 aromatic carbocycles. The van der Waals surface area contributed by atoms with Crippen molar-refractivity contribution >= 4 is 106 Å². The lowest BCUT2D eigenvalue weighted by Gasteiger charge is -2.31. The quantitative estimate of drug-likeness (QED) is 0.0182. The van der Waals surface area contributed by atoms with Crippen LogP contribution in [0.4, 0.5) is 0 Å². The number of H-pyrrole nitrogens is 1. The van der Waals surface area contributed by atoms with Crippen molar-refractivity contribution in [3.8, 4) is 0 Å². The molecular formula is C67H111N21O14. The number of aromatic nitrogens is 1. The number of carbonyl (C=O) groups excluding carboxylic acids is 14. The maximum absolute atomic E-state index is 14.7. The third-order valence-corrected chi connectivity index (χ3v) is 16.3. The fourth-order valence-electron chi connectivity index (χ4n) is 11.0.